The Morgan fingerprint density at radius 1 is 1.47 bits per heavy atom. The van der Waals surface area contributed by atoms with E-state index in [1.807, 2.05) is 0 Å². The van der Waals surface area contributed by atoms with E-state index >= 15 is 0 Å². The second kappa shape index (κ2) is 4.90. The summed E-state index contributed by atoms with van der Waals surface area (Å²) in [5.74, 6) is -1.69. The molecule has 0 unspecified atom stereocenters. The number of hydrogen-bond donors (Lipinski definition) is 1. The van der Waals surface area contributed by atoms with Crippen molar-refractivity contribution in [1.82, 2.24) is 0 Å². The fourth-order valence-corrected chi connectivity index (χ4v) is 1.16. The van der Waals surface area contributed by atoms with Crippen LogP contribution in [0.2, 0.25) is 0 Å². The molecule has 0 amide bonds. The lowest BCUT2D eigenvalue weighted by atomic mass is 10.1. The first-order chi connectivity index (χ1) is 7.86. The van der Waals surface area contributed by atoms with Crippen LogP contribution in [0.1, 0.15) is 15.9 Å². The zero-order chi connectivity index (χ0) is 13.1. The smallest absolute Gasteiger partial charge is 0.417 e. The zero-order valence-corrected chi connectivity index (χ0v) is 8.62. The molecule has 0 heterocycles. The van der Waals surface area contributed by atoms with E-state index in [0.29, 0.717) is 6.07 Å². The topological polar surface area (TPSA) is 46.5 Å². The van der Waals surface area contributed by atoms with E-state index in [-0.39, 0.29) is 6.61 Å². The fraction of sp³-hybridized carbons (Fsp3) is 0.182. The van der Waals surface area contributed by atoms with Crippen LogP contribution in [0, 0.1) is 0 Å². The van der Waals surface area contributed by atoms with Gasteiger partial charge in [0.05, 0.1) is 11.1 Å². The van der Waals surface area contributed by atoms with Crippen LogP contribution in [0.4, 0.5) is 13.2 Å². The number of alkyl halides is 3. The molecule has 0 aliphatic heterocycles. The molecule has 17 heavy (non-hydrogen) atoms. The van der Waals surface area contributed by atoms with Crippen molar-refractivity contribution in [1.29, 1.82) is 0 Å². The van der Waals surface area contributed by atoms with Crippen molar-refractivity contribution < 1.29 is 27.8 Å². The molecule has 1 N–H and O–H groups in total. The SMILES string of the molecule is C=CCOC(=O)c1ccc(O)cc1C(F)(F)F. The van der Waals surface area contributed by atoms with Crippen LogP contribution in [0.5, 0.6) is 5.75 Å². The van der Waals surface area contributed by atoms with E-state index < -0.39 is 29.0 Å². The number of carbonyl (C=O) groups excluding carboxylic acids is 1. The van der Waals surface area contributed by atoms with E-state index in [2.05, 4.69) is 11.3 Å². The maximum Gasteiger partial charge on any atom is 0.417 e. The summed E-state index contributed by atoms with van der Waals surface area (Å²) in [7, 11) is 0. The van der Waals surface area contributed by atoms with Crippen LogP contribution in [0.3, 0.4) is 0 Å². The molecular weight excluding hydrogens is 237 g/mol. The molecule has 1 aromatic carbocycles. The molecule has 0 fully saturated rings. The summed E-state index contributed by atoms with van der Waals surface area (Å²) in [5.41, 5.74) is -1.87. The van der Waals surface area contributed by atoms with Crippen LogP contribution in [-0.2, 0) is 10.9 Å². The quantitative estimate of drug-likeness (QED) is 0.658. The molecule has 0 radical (unpaired) electrons. The predicted molar refractivity (Wildman–Crippen MR) is 53.6 cm³/mol. The van der Waals surface area contributed by atoms with Gasteiger partial charge in [-0.2, -0.15) is 13.2 Å². The molecule has 0 aliphatic carbocycles. The molecule has 1 aromatic rings. The Bertz CT molecular complexity index is 438. The number of phenols is 1. The number of halogens is 3. The molecule has 3 nitrogen and oxygen atoms in total. The molecule has 92 valence electrons. The number of benzene rings is 1. The van der Waals surface area contributed by atoms with Gasteiger partial charge in [-0.15, -0.1) is 0 Å². The summed E-state index contributed by atoms with van der Waals surface area (Å²) in [6.07, 6.45) is -3.49. The summed E-state index contributed by atoms with van der Waals surface area (Å²) >= 11 is 0. The summed E-state index contributed by atoms with van der Waals surface area (Å²) in [4.78, 5) is 11.3. The molecule has 0 spiro atoms. The van der Waals surface area contributed by atoms with Gasteiger partial charge in [-0.1, -0.05) is 12.7 Å². The molecule has 0 saturated carbocycles. The van der Waals surface area contributed by atoms with Crippen LogP contribution in [0.25, 0.3) is 0 Å². The first-order valence-electron chi connectivity index (χ1n) is 4.54. The third kappa shape index (κ3) is 3.24. The number of esters is 1. The third-order valence-corrected chi connectivity index (χ3v) is 1.86. The van der Waals surface area contributed by atoms with Crippen LogP contribution < -0.4 is 0 Å². The molecule has 0 aromatic heterocycles. The minimum atomic E-state index is -4.73. The normalized spacial score (nSPS) is 11.0. The van der Waals surface area contributed by atoms with E-state index in [9.17, 15) is 18.0 Å². The van der Waals surface area contributed by atoms with E-state index in [1.54, 1.807) is 0 Å². The van der Waals surface area contributed by atoms with Gasteiger partial charge >= 0.3 is 12.1 Å². The van der Waals surface area contributed by atoms with E-state index in [1.165, 1.54) is 6.08 Å². The monoisotopic (exact) mass is 246 g/mol. The Balaban J connectivity index is 3.15. The molecule has 1 rings (SSSR count). The Kier molecular flexibility index (Phi) is 3.77. The van der Waals surface area contributed by atoms with Crippen LogP contribution >= 0.6 is 0 Å². The van der Waals surface area contributed by atoms with Crippen molar-refractivity contribution in [2.45, 2.75) is 6.18 Å². The van der Waals surface area contributed by atoms with Gasteiger partial charge in [0.1, 0.15) is 12.4 Å². The number of hydrogen-bond acceptors (Lipinski definition) is 3. The standard InChI is InChI=1S/C11H9F3O3/c1-2-5-17-10(16)8-4-3-7(15)6-9(8)11(12,13)14/h2-4,6,15H,1,5H2. The van der Waals surface area contributed by atoms with Crippen molar-refractivity contribution in [2.75, 3.05) is 6.61 Å². The van der Waals surface area contributed by atoms with Crippen molar-refractivity contribution in [3.63, 3.8) is 0 Å². The van der Waals surface area contributed by atoms with Crippen molar-refractivity contribution in [3.05, 3.63) is 42.0 Å². The number of carbonyl (C=O) groups is 1. The highest BCUT2D eigenvalue weighted by Gasteiger charge is 2.36. The van der Waals surface area contributed by atoms with Gasteiger partial charge in [0.15, 0.2) is 0 Å². The average molecular weight is 246 g/mol. The first-order valence-corrected chi connectivity index (χ1v) is 4.54. The maximum absolute atomic E-state index is 12.6. The van der Waals surface area contributed by atoms with Crippen molar-refractivity contribution >= 4 is 5.97 Å². The molecule has 0 aliphatic rings. The minimum Gasteiger partial charge on any atom is -0.508 e. The number of phenolic OH excluding ortho intramolecular Hbond substituents is 1. The van der Waals surface area contributed by atoms with Gasteiger partial charge in [0.2, 0.25) is 0 Å². The predicted octanol–water partition coefficient (Wildman–Crippen LogP) is 2.75. The zero-order valence-electron chi connectivity index (χ0n) is 8.62. The first kappa shape index (κ1) is 13.1. The minimum absolute atomic E-state index is 0.184. The highest BCUT2D eigenvalue weighted by Crippen LogP contribution is 2.34. The molecule has 6 heteroatoms. The lowest BCUT2D eigenvalue weighted by molar-refractivity contribution is -0.138. The number of aromatic hydroxyl groups is 1. The second-order valence-corrected chi connectivity index (χ2v) is 3.11. The Morgan fingerprint density at radius 2 is 2.12 bits per heavy atom. The molecular formula is C11H9F3O3. The van der Waals surface area contributed by atoms with Crippen molar-refractivity contribution in [3.8, 4) is 5.75 Å². The van der Waals surface area contributed by atoms with E-state index in [0.717, 1.165) is 12.1 Å². The lowest BCUT2D eigenvalue weighted by Crippen LogP contribution is -2.15. The number of rotatable bonds is 3. The van der Waals surface area contributed by atoms with Crippen LogP contribution in [0.15, 0.2) is 30.9 Å². The van der Waals surface area contributed by atoms with Gasteiger partial charge in [-0.3, -0.25) is 0 Å². The highest BCUT2D eigenvalue weighted by atomic mass is 19.4. The highest BCUT2D eigenvalue weighted by molar-refractivity contribution is 5.91. The second-order valence-electron chi connectivity index (χ2n) is 3.11. The van der Waals surface area contributed by atoms with Gasteiger partial charge < -0.3 is 9.84 Å². The third-order valence-electron chi connectivity index (χ3n) is 1.86. The van der Waals surface area contributed by atoms with Gasteiger partial charge in [0.25, 0.3) is 0 Å². The molecule has 0 atom stereocenters. The average Bonchev–Trinajstić information content (AvgIpc) is 2.24. The lowest BCUT2D eigenvalue weighted by Gasteiger charge is -2.12. The fourth-order valence-electron chi connectivity index (χ4n) is 1.16. The van der Waals surface area contributed by atoms with Crippen molar-refractivity contribution in [2.24, 2.45) is 0 Å². The van der Waals surface area contributed by atoms with Gasteiger partial charge in [0, 0.05) is 0 Å². The van der Waals surface area contributed by atoms with Gasteiger partial charge in [-0.05, 0) is 18.2 Å². The Labute approximate surface area is 95.1 Å². The molecule has 0 bridgehead atoms. The summed E-state index contributed by atoms with van der Waals surface area (Å²) in [6.45, 7) is 3.09. The largest absolute Gasteiger partial charge is 0.508 e. The molecule has 0 saturated heterocycles. The summed E-state index contributed by atoms with van der Waals surface area (Å²) in [6, 6.07) is 2.33. The maximum atomic E-state index is 12.6. The summed E-state index contributed by atoms with van der Waals surface area (Å²) < 4.78 is 42.2. The van der Waals surface area contributed by atoms with Gasteiger partial charge in [-0.25, -0.2) is 4.79 Å². The van der Waals surface area contributed by atoms with E-state index in [4.69, 9.17) is 5.11 Å². The Hall–Kier alpha value is -1.98. The summed E-state index contributed by atoms with van der Waals surface area (Å²) in [5, 5.41) is 8.99. The Morgan fingerprint density at radius 3 is 2.65 bits per heavy atom. The number of ether oxygens (including phenoxy) is 1. The van der Waals surface area contributed by atoms with Crippen LogP contribution in [-0.4, -0.2) is 17.7 Å².